The van der Waals surface area contributed by atoms with Gasteiger partial charge < -0.3 is 4.74 Å². The summed E-state index contributed by atoms with van der Waals surface area (Å²) in [5.74, 6) is 0.794. The molecule has 0 atom stereocenters. The second kappa shape index (κ2) is 24.6. The van der Waals surface area contributed by atoms with Crippen LogP contribution in [0.3, 0.4) is 0 Å². The second-order valence-electron chi connectivity index (χ2n) is 11.3. The van der Waals surface area contributed by atoms with Gasteiger partial charge in [0.05, 0.1) is 0 Å². The number of hydrogen-bond donors (Lipinski definition) is 0. The van der Waals surface area contributed by atoms with Crippen molar-refractivity contribution in [3.8, 4) is 0 Å². The number of carbonyl (C=O) groups is 1. The monoisotopic (exact) mass is 466 g/mol. The highest BCUT2D eigenvalue weighted by molar-refractivity contribution is 5.69. The first kappa shape index (κ1) is 32.5. The molecule has 0 aliphatic carbocycles. The smallest absolute Gasteiger partial charge is 0.306 e. The van der Waals surface area contributed by atoms with Crippen molar-refractivity contribution in [1.29, 1.82) is 0 Å². The molecule has 0 saturated heterocycles. The fraction of sp³-hybridized carbons (Fsp3) is 0.968. The summed E-state index contributed by atoms with van der Waals surface area (Å²) in [5.41, 5.74) is 0. The standard InChI is InChI=1S/C31H62O2/c1-6-7-8-9-10-11-12-13-14-15-16-17-18-19-20-21-22-23-24-25-26-27-30(32)33-31(28(2)3)29(4)5/h28-29,31H,6-27H2,1-5H3. The molecule has 33 heavy (non-hydrogen) atoms. The number of esters is 1. The van der Waals surface area contributed by atoms with Gasteiger partial charge in [0, 0.05) is 6.42 Å². The molecule has 0 N–H and O–H groups in total. The van der Waals surface area contributed by atoms with Crippen LogP contribution in [0.15, 0.2) is 0 Å². The summed E-state index contributed by atoms with van der Waals surface area (Å²) in [5, 5.41) is 0. The molecule has 0 amide bonds. The van der Waals surface area contributed by atoms with Crippen LogP contribution in [0, 0.1) is 11.8 Å². The number of ether oxygens (including phenoxy) is 1. The highest BCUT2D eigenvalue weighted by Gasteiger charge is 2.21. The van der Waals surface area contributed by atoms with E-state index in [1.807, 2.05) is 0 Å². The Bertz CT molecular complexity index is 394. The van der Waals surface area contributed by atoms with Crippen molar-refractivity contribution < 1.29 is 9.53 Å². The molecule has 0 heterocycles. The molecular weight excluding hydrogens is 404 g/mol. The number of hydrogen-bond acceptors (Lipinski definition) is 2. The molecule has 0 spiro atoms. The lowest BCUT2D eigenvalue weighted by molar-refractivity contribution is -0.154. The third-order valence-electron chi connectivity index (χ3n) is 7.07. The van der Waals surface area contributed by atoms with Crippen LogP contribution in [0.1, 0.15) is 176 Å². The third-order valence-corrected chi connectivity index (χ3v) is 7.07. The van der Waals surface area contributed by atoms with Crippen LogP contribution in [-0.2, 0) is 9.53 Å². The molecule has 0 aliphatic rings. The normalized spacial score (nSPS) is 11.8. The van der Waals surface area contributed by atoms with Gasteiger partial charge in [0.2, 0.25) is 0 Å². The third kappa shape index (κ3) is 23.0. The quantitative estimate of drug-likeness (QED) is 0.0987. The average Bonchev–Trinajstić information content (AvgIpc) is 2.78. The van der Waals surface area contributed by atoms with E-state index in [9.17, 15) is 4.79 Å². The van der Waals surface area contributed by atoms with Crippen molar-refractivity contribution in [1.82, 2.24) is 0 Å². The van der Waals surface area contributed by atoms with Crippen LogP contribution >= 0.6 is 0 Å². The van der Waals surface area contributed by atoms with Crippen LogP contribution < -0.4 is 0 Å². The van der Waals surface area contributed by atoms with Crippen LogP contribution in [0.25, 0.3) is 0 Å². The van der Waals surface area contributed by atoms with E-state index in [0.717, 1.165) is 6.42 Å². The average molecular weight is 467 g/mol. The highest BCUT2D eigenvalue weighted by Crippen LogP contribution is 2.18. The van der Waals surface area contributed by atoms with Gasteiger partial charge in [-0.2, -0.15) is 0 Å². The van der Waals surface area contributed by atoms with Gasteiger partial charge in [0.1, 0.15) is 6.10 Å². The molecule has 0 aromatic carbocycles. The molecule has 0 rings (SSSR count). The van der Waals surface area contributed by atoms with Crippen molar-refractivity contribution in [3.05, 3.63) is 0 Å². The van der Waals surface area contributed by atoms with Gasteiger partial charge >= 0.3 is 5.97 Å². The lowest BCUT2D eigenvalue weighted by atomic mass is 9.96. The molecule has 0 saturated carbocycles. The van der Waals surface area contributed by atoms with Gasteiger partial charge in [-0.05, 0) is 18.3 Å². The first-order valence-electron chi connectivity index (χ1n) is 15.2. The Kier molecular flexibility index (Phi) is 24.2. The molecule has 2 heteroatoms. The second-order valence-corrected chi connectivity index (χ2v) is 11.3. The predicted octanol–water partition coefficient (Wildman–Crippen LogP) is 10.8. The first-order valence-corrected chi connectivity index (χ1v) is 15.2. The zero-order valence-electron chi connectivity index (χ0n) is 23.6. The maximum atomic E-state index is 12.0. The van der Waals surface area contributed by atoms with E-state index in [1.54, 1.807) is 0 Å². The van der Waals surface area contributed by atoms with Crippen LogP contribution in [0.2, 0.25) is 0 Å². The Morgan fingerprint density at radius 2 is 0.758 bits per heavy atom. The van der Waals surface area contributed by atoms with Crippen molar-refractivity contribution >= 4 is 5.97 Å². The lowest BCUT2D eigenvalue weighted by Gasteiger charge is -2.24. The van der Waals surface area contributed by atoms with E-state index >= 15 is 0 Å². The van der Waals surface area contributed by atoms with Crippen molar-refractivity contribution in [2.45, 2.75) is 182 Å². The maximum absolute atomic E-state index is 12.0. The fourth-order valence-corrected chi connectivity index (χ4v) is 4.95. The van der Waals surface area contributed by atoms with Crippen LogP contribution in [0.4, 0.5) is 0 Å². The molecule has 2 nitrogen and oxygen atoms in total. The maximum Gasteiger partial charge on any atom is 0.306 e. The summed E-state index contributed by atoms with van der Waals surface area (Å²) in [4.78, 5) is 12.0. The molecule has 0 radical (unpaired) electrons. The molecule has 0 aromatic heterocycles. The Balaban J connectivity index is 3.25. The van der Waals surface area contributed by atoms with Gasteiger partial charge in [-0.3, -0.25) is 4.79 Å². The highest BCUT2D eigenvalue weighted by atomic mass is 16.5. The molecule has 0 fully saturated rings. The largest absolute Gasteiger partial charge is 0.462 e. The van der Waals surface area contributed by atoms with E-state index in [2.05, 4.69) is 34.6 Å². The SMILES string of the molecule is CCCCCCCCCCCCCCCCCCCCCCCC(=O)OC(C(C)C)C(C)C. The Morgan fingerprint density at radius 1 is 0.485 bits per heavy atom. The molecule has 0 aliphatic heterocycles. The molecule has 198 valence electrons. The summed E-state index contributed by atoms with van der Waals surface area (Å²) in [6.45, 7) is 10.8. The summed E-state index contributed by atoms with van der Waals surface area (Å²) in [7, 11) is 0. The molecule has 0 aromatic rings. The summed E-state index contributed by atoms with van der Waals surface area (Å²) < 4.78 is 5.68. The van der Waals surface area contributed by atoms with E-state index < -0.39 is 0 Å². The van der Waals surface area contributed by atoms with E-state index in [1.165, 1.54) is 128 Å². The fourth-order valence-electron chi connectivity index (χ4n) is 4.95. The minimum atomic E-state index is 0.000190. The van der Waals surface area contributed by atoms with E-state index in [4.69, 9.17) is 4.74 Å². The first-order chi connectivity index (χ1) is 16.0. The van der Waals surface area contributed by atoms with Gasteiger partial charge in [-0.1, -0.05) is 163 Å². The lowest BCUT2D eigenvalue weighted by Crippen LogP contribution is -2.28. The zero-order chi connectivity index (χ0) is 24.6. The van der Waals surface area contributed by atoms with E-state index in [0.29, 0.717) is 18.3 Å². The topological polar surface area (TPSA) is 26.3 Å². The van der Waals surface area contributed by atoms with Crippen molar-refractivity contribution in [2.24, 2.45) is 11.8 Å². The van der Waals surface area contributed by atoms with Gasteiger partial charge in [0.15, 0.2) is 0 Å². The minimum absolute atomic E-state index is 0.000190. The predicted molar refractivity (Wildman–Crippen MR) is 147 cm³/mol. The van der Waals surface area contributed by atoms with Gasteiger partial charge in [-0.15, -0.1) is 0 Å². The summed E-state index contributed by atoms with van der Waals surface area (Å²) in [6, 6.07) is 0. The number of rotatable bonds is 25. The minimum Gasteiger partial charge on any atom is -0.462 e. The Hall–Kier alpha value is -0.530. The molecule has 0 unspecified atom stereocenters. The van der Waals surface area contributed by atoms with E-state index in [-0.39, 0.29) is 12.1 Å². The van der Waals surface area contributed by atoms with Gasteiger partial charge in [-0.25, -0.2) is 0 Å². The summed E-state index contributed by atoms with van der Waals surface area (Å²) in [6.07, 6.45) is 29.8. The zero-order valence-corrected chi connectivity index (χ0v) is 23.6. The van der Waals surface area contributed by atoms with Crippen molar-refractivity contribution in [2.75, 3.05) is 0 Å². The molecular formula is C31H62O2. The number of carbonyl (C=O) groups excluding carboxylic acids is 1. The Morgan fingerprint density at radius 3 is 1.03 bits per heavy atom. The van der Waals surface area contributed by atoms with Crippen LogP contribution in [-0.4, -0.2) is 12.1 Å². The van der Waals surface area contributed by atoms with Gasteiger partial charge in [0.25, 0.3) is 0 Å². The van der Waals surface area contributed by atoms with Crippen LogP contribution in [0.5, 0.6) is 0 Å². The van der Waals surface area contributed by atoms with Crippen molar-refractivity contribution in [3.63, 3.8) is 0 Å². The molecule has 0 bridgehead atoms. The Labute approximate surface area is 209 Å². The number of unbranched alkanes of at least 4 members (excludes halogenated alkanes) is 20. The summed E-state index contributed by atoms with van der Waals surface area (Å²) >= 11 is 0.